The van der Waals surface area contributed by atoms with Gasteiger partial charge in [-0.25, -0.2) is 27.2 Å². The maximum atomic E-state index is 13.1. The van der Waals surface area contributed by atoms with Gasteiger partial charge in [-0.2, -0.15) is 52.7 Å². The summed E-state index contributed by atoms with van der Waals surface area (Å²) in [4.78, 5) is 21.7. The molecule has 0 atom stereocenters. The van der Waals surface area contributed by atoms with Gasteiger partial charge in [-0.05, 0) is 0 Å². The maximum Gasteiger partial charge on any atom is 0.417 e. The molecule has 0 N–H and O–H groups in total. The monoisotopic (exact) mass is 518 g/mol. The lowest BCUT2D eigenvalue weighted by Crippen LogP contribution is -2.59. The second-order valence-corrected chi connectivity index (χ2v) is 5.56. The first-order chi connectivity index (χ1) is 13.9. The van der Waals surface area contributed by atoms with Gasteiger partial charge < -0.3 is 9.47 Å². The summed E-state index contributed by atoms with van der Waals surface area (Å²) >= 11 is 0. The summed E-state index contributed by atoms with van der Waals surface area (Å²) in [5.74, 6) is -46.1. The maximum absolute atomic E-state index is 13.1. The van der Waals surface area contributed by atoms with Crippen molar-refractivity contribution in [2.45, 2.75) is 48.4 Å². The van der Waals surface area contributed by atoms with E-state index in [1.807, 2.05) is 0 Å². The van der Waals surface area contributed by atoms with Crippen molar-refractivity contribution in [3.8, 4) is 0 Å². The highest BCUT2D eigenvalue weighted by atomic mass is 19.4. The average molecular weight is 518 g/mol. The molecule has 0 aliphatic heterocycles. The smallest absolute Gasteiger partial charge is 0.417 e. The summed E-state index contributed by atoms with van der Waals surface area (Å²) in [7, 11) is 0. The highest BCUT2D eigenvalue weighted by Gasteiger charge is 2.77. The molecular formula is C12H6F16O4. The lowest BCUT2D eigenvalue weighted by molar-refractivity contribution is -0.345. The van der Waals surface area contributed by atoms with Crippen LogP contribution >= 0.6 is 0 Å². The van der Waals surface area contributed by atoms with Crippen molar-refractivity contribution in [3.63, 3.8) is 0 Å². The van der Waals surface area contributed by atoms with Gasteiger partial charge in [-0.3, -0.25) is 0 Å². The highest BCUT2D eigenvalue weighted by molar-refractivity contribution is 6.29. The third-order valence-electron chi connectivity index (χ3n) is 3.24. The van der Waals surface area contributed by atoms with Crippen molar-refractivity contribution in [3.05, 3.63) is 0 Å². The Morgan fingerprint density at radius 2 is 0.750 bits per heavy atom. The topological polar surface area (TPSA) is 52.6 Å². The Morgan fingerprint density at radius 3 is 0.938 bits per heavy atom. The number of carbonyl (C=O) groups excluding carboxylic acids is 2. The average Bonchev–Trinajstić information content (AvgIpc) is 2.63. The van der Waals surface area contributed by atoms with Crippen LogP contribution in [0.4, 0.5) is 70.2 Å². The molecule has 20 heteroatoms. The zero-order valence-electron chi connectivity index (χ0n) is 14.2. The van der Waals surface area contributed by atoms with Crippen molar-refractivity contribution in [1.29, 1.82) is 0 Å². The Balaban J connectivity index is 5.23. The molecular weight excluding hydrogens is 512 g/mol. The minimum Gasteiger partial charge on any atom is -0.451 e. The Labute approximate surface area is 164 Å². The number of esters is 2. The van der Waals surface area contributed by atoms with Gasteiger partial charge in [0.1, 0.15) is 0 Å². The van der Waals surface area contributed by atoms with E-state index < -0.39 is 73.5 Å². The predicted molar refractivity (Wildman–Crippen MR) is 63.6 cm³/mol. The molecule has 190 valence electrons. The lowest BCUT2D eigenvalue weighted by atomic mass is 10.1. The molecule has 0 aliphatic carbocycles. The van der Waals surface area contributed by atoms with Crippen molar-refractivity contribution in [1.82, 2.24) is 0 Å². The highest BCUT2D eigenvalue weighted by Crippen LogP contribution is 2.49. The van der Waals surface area contributed by atoms with Crippen LogP contribution in [0.5, 0.6) is 0 Å². The largest absolute Gasteiger partial charge is 0.451 e. The van der Waals surface area contributed by atoms with Gasteiger partial charge in [-0.1, -0.05) is 0 Å². The number of halogens is 16. The van der Waals surface area contributed by atoms with Crippen molar-refractivity contribution in [2.24, 2.45) is 0 Å². The summed E-state index contributed by atoms with van der Waals surface area (Å²) in [5.41, 5.74) is 0. The number of alkyl halides is 16. The molecule has 0 unspecified atom stereocenters. The van der Waals surface area contributed by atoms with E-state index in [0.717, 1.165) is 0 Å². The minimum absolute atomic E-state index is 2.96. The fraction of sp³-hybridized carbons (Fsp3) is 0.833. The molecule has 0 aromatic heterocycles. The number of hydrogen-bond donors (Lipinski definition) is 0. The standard InChI is InChI=1S/C12H6F16O4/c13-5(14)9(21,22)11(25,26)7(17,18)1-31-3(29)4(30)32-2-8(19,20)12(27,28)10(23,24)6(15)16/h5-6H,1-2H2. The van der Waals surface area contributed by atoms with Crippen LogP contribution in [0, 0.1) is 0 Å². The van der Waals surface area contributed by atoms with Crippen LogP contribution < -0.4 is 0 Å². The van der Waals surface area contributed by atoms with E-state index in [1.54, 1.807) is 0 Å². The van der Waals surface area contributed by atoms with E-state index in [0.29, 0.717) is 0 Å². The first-order valence-electron chi connectivity index (χ1n) is 7.07. The number of ether oxygens (including phenoxy) is 2. The first kappa shape index (κ1) is 29.8. The van der Waals surface area contributed by atoms with Gasteiger partial charge >= 0.3 is 60.3 Å². The van der Waals surface area contributed by atoms with Crippen molar-refractivity contribution in [2.75, 3.05) is 13.2 Å². The minimum atomic E-state index is -6.92. The van der Waals surface area contributed by atoms with E-state index in [-0.39, 0.29) is 0 Å². The Hall–Kier alpha value is -2.18. The second-order valence-electron chi connectivity index (χ2n) is 5.56. The third kappa shape index (κ3) is 5.24. The van der Waals surface area contributed by atoms with Gasteiger partial charge in [0, 0.05) is 0 Å². The predicted octanol–water partition coefficient (Wildman–Crippen LogP) is 4.41. The number of rotatable bonds is 10. The van der Waals surface area contributed by atoms with E-state index in [9.17, 15) is 79.8 Å². The van der Waals surface area contributed by atoms with Crippen LogP contribution in [0.3, 0.4) is 0 Å². The summed E-state index contributed by atoms with van der Waals surface area (Å²) in [6.45, 7) is -6.57. The molecule has 0 spiro atoms. The Morgan fingerprint density at radius 1 is 0.531 bits per heavy atom. The zero-order chi connectivity index (χ0) is 26.1. The van der Waals surface area contributed by atoms with Crippen LogP contribution in [0.15, 0.2) is 0 Å². The van der Waals surface area contributed by atoms with Gasteiger partial charge in [0.05, 0.1) is 0 Å². The molecule has 0 fully saturated rings. The Bertz CT molecular complexity index is 631. The fourth-order valence-corrected chi connectivity index (χ4v) is 1.37. The SMILES string of the molecule is O=C(OCC(F)(F)C(F)(F)C(F)(F)C(F)F)C(=O)OCC(F)(F)C(F)(F)C(F)(F)C(F)F. The molecule has 32 heavy (non-hydrogen) atoms. The molecule has 0 aliphatic rings. The first-order valence-corrected chi connectivity index (χ1v) is 7.07. The zero-order valence-corrected chi connectivity index (χ0v) is 14.2. The van der Waals surface area contributed by atoms with Crippen LogP contribution in [0.25, 0.3) is 0 Å². The molecule has 0 heterocycles. The van der Waals surface area contributed by atoms with Gasteiger partial charge in [-0.15, -0.1) is 0 Å². The quantitative estimate of drug-likeness (QED) is 0.244. The summed E-state index contributed by atoms with van der Waals surface area (Å²) < 4.78 is 207. The van der Waals surface area contributed by atoms with Crippen molar-refractivity contribution >= 4 is 11.9 Å². The third-order valence-corrected chi connectivity index (χ3v) is 3.24. The number of hydrogen-bond acceptors (Lipinski definition) is 4. The number of carbonyl (C=O) groups is 2. The normalized spacial score (nSPS) is 14.7. The Kier molecular flexibility index (Phi) is 8.37. The van der Waals surface area contributed by atoms with E-state index >= 15 is 0 Å². The molecule has 0 bridgehead atoms. The van der Waals surface area contributed by atoms with E-state index in [1.165, 1.54) is 0 Å². The van der Waals surface area contributed by atoms with Gasteiger partial charge in [0.15, 0.2) is 13.2 Å². The summed E-state index contributed by atoms with van der Waals surface area (Å²) in [6, 6.07) is 0. The second kappa shape index (κ2) is 8.99. The summed E-state index contributed by atoms with van der Waals surface area (Å²) in [5, 5.41) is 0. The van der Waals surface area contributed by atoms with Crippen LogP contribution in [0.2, 0.25) is 0 Å². The summed E-state index contributed by atoms with van der Waals surface area (Å²) in [6.07, 6.45) is -10.8. The molecule has 0 saturated carbocycles. The molecule has 0 aromatic carbocycles. The molecule has 0 rings (SSSR count). The van der Waals surface area contributed by atoms with Crippen LogP contribution in [0.1, 0.15) is 0 Å². The van der Waals surface area contributed by atoms with Gasteiger partial charge in [0.25, 0.3) is 0 Å². The van der Waals surface area contributed by atoms with E-state index in [2.05, 4.69) is 9.47 Å². The van der Waals surface area contributed by atoms with Crippen LogP contribution in [-0.4, -0.2) is 73.5 Å². The lowest BCUT2D eigenvalue weighted by Gasteiger charge is -2.32. The van der Waals surface area contributed by atoms with Crippen LogP contribution in [-0.2, 0) is 19.1 Å². The molecule has 0 radical (unpaired) electrons. The molecule has 0 amide bonds. The van der Waals surface area contributed by atoms with E-state index in [4.69, 9.17) is 0 Å². The molecule has 0 saturated heterocycles. The molecule has 0 aromatic rings. The van der Waals surface area contributed by atoms with Crippen molar-refractivity contribution < 1.29 is 89.3 Å². The molecule has 4 nitrogen and oxygen atoms in total. The van der Waals surface area contributed by atoms with Gasteiger partial charge in [0.2, 0.25) is 0 Å². The fourth-order valence-electron chi connectivity index (χ4n) is 1.37.